The van der Waals surface area contributed by atoms with Crippen molar-refractivity contribution in [2.75, 3.05) is 32.8 Å². The van der Waals surface area contributed by atoms with Crippen LogP contribution < -0.4 is 5.73 Å². The van der Waals surface area contributed by atoms with Crippen LogP contribution in [-0.2, 0) is 4.74 Å². The second-order valence-corrected chi connectivity index (χ2v) is 4.95. The van der Waals surface area contributed by atoms with Crippen molar-refractivity contribution in [3.8, 4) is 0 Å². The predicted octanol–water partition coefficient (Wildman–Crippen LogP) is 0.836. The molecule has 0 spiro atoms. The molecule has 2 heterocycles. The smallest absolute Gasteiger partial charge is 0.0545 e. The molecular formula is C11H22N2O. The van der Waals surface area contributed by atoms with Crippen molar-refractivity contribution in [3.05, 3.63) is 0 Å². The first-order chi connectivity index (χ1) is 6.74. The van der Waals surface area contributed by atoms with E-state index in [1.54, 1.807) is 0 Å². The predicted molar refractivity (Wildman–Crippen MR) is 57.2 cm³/mol. The van der Waals surface area contributed by atoms with Crippen LogP contribution in [0.4, 0.5) is 0 Å². The van der Waals surface area contributed by atoms with E-state index in [0.29, 0.717) is 11.5 Å². The number of hydrogen-bond acceptors (Lipinski definition) is 3. The van der Waals surface area contributed by atoms with E-state index in [4.69, 9.17) is 10.5 Å². The Morgan fingerprint density at radius 2 is 2.29 bits per heavy atom. The van der Waals surface area contributed by atoms with Crippen LogP contribution in [0.25, 0.3) is 0 Å². The van der Waals surface area contributed by atoms with Gasteiger partial charge >= 0.3 is 0 Å². The van der Waals surface area contributed by atoms with E-state index in [1.807, 2.05) is 0 Å². The van der Waals surface area contributed by atoms with Crippen LogP contribution >= 0.6 is 0 Å². The van der Waals surface area contributed by atoms with Gasteiger partial charge < -0.3 is 15.4 Å². The lowest BCUT2D eigenvalue weighted by molar-refractivity contribution is -0.121. The normalized spacial score (nSPS) is 31.7. The van der Waals surface area contributed by atoms with Crippen molar-refractivity contribution in [2.45, 2.75) is 32.2 Å². The summed E-state index contributed by atoms with van der Waals surface area (Å²) in [5.74, 6) is 0. The third-order valence-electron chi connectivity index (χ3n) is 3.83. The van der Waals surface area contributed by atoms with Gasteiger partial charge in [-0.3, -0.25) is 0 Å². The van der Waals surface area contributed by atoms with Gasteiger partial charge in [-0.2, -0.15) is 0 Å². The zero-order valence-corrected chi connectivity index (χ0v) is 9.17. The van der Waals surface area contributed by atoms with Gasteiger partial charge in [0, 0.05) is 18.0 Å². The molecule has 2 aliphatic rings. The molecule has 1 unspecified atom stereocenters. The first kappa shape index (κ1) is 10.4. The monoisotopic (exact) mass is 198 g/mol. The Morgan fingerprint density at radius 1 is 1.50 bits per heavy atom. The van der Waals surface area contributed by atoms with Gasteiger partial charge in [-0.25, -0.2) is 0 Å². The number of hydrogen-bond donors (Lipinski definition) is 1. The highest BCUT2D eigenvalue weighted by atomic mass is 16.5. The summed E-state index contributed by atoms with van der Waals surface area (Å²) in [5, 5.41) is 0. The van der Waals surface area contributed by atoms with E-state index < -0.39 is 0 Å². The summed E-state index contributed by atoms with van der Waals surface area (Å²) in [6, 6.07) is 0.421. The third-order valence-corrected chi connectivity index (χ3v) is 3.83. The Kier molecular flexibility index (Phi) is 3.10. The molecule has 14 heavy (non-hydrogen) atoms. The molecule has 0 aromatic heterocycles. The highest BCUT2D eigenvalue weighted by Crippen LogP contribution is 2.35. The fourth-order valence-electron chi connectivity index (χ4n) is 2.38. The molecule has 0 aromatic carbocycles. The molecule has 1 atom stereocenters. The molecule has 82 valence electrons. The lowest BCUT2D eigenvalue weighted by Gasteiger charge is -2.41. The topological polar surface area (TPSA) is 38.5 Å². The SMILES string of the molecule is CCC1(CCN2CCC(N)C2)COC1. The molecule has 0 saturated carbocycles. The molecule has 2 fully saturated rings. The Morgan fingerprint density at radius 3 is 2.71 bits per heavy atom. The van der Waals surface area contributed by atoms with E-state index in [2.05, 4.69) is 11.8 Å². The first-order valence-electron chi connectivity index (χ1n) is 5.80. The minimum atomic E-state index is 0.421. The number of ether oxygens (including phenoxy) is 1. The Labute approximate surface area is 86.6 Å². The molecule has 3 heteroatoms. The van der Waals surface area contributed by atoms with Crippen LogP contribution in [0.1, 0.15) is 26.2 Å². The van der Waals surface area contributed by atoms with Crippen LogP contribution in [0.15, 0.2) is 0 Å². The maximum Gasteiger partial charge on any atom is 0.0545 e. The third kappa shape index (κ3) is 2.10. The van der Waals surface area contributed by atoms with Gasteiger partial charge in [0.2, 0.25) is 0 Å². The van der Waals surface area contributed by atoms with Crippen molar-refractivity contribution >= 4 is 0 Å². The lowest BCUT2D eigenvalue weighted by Crippen LogP contribution is -2.44. The molecular weight excluding hydrogens is 176 g/mol. The average Bonchev–Trinajstić information content (AvgIpc) is 2.50. The molecule has 2 aliphatic heterocycles. The number of rotatable bonds is 4. The quantitative estimate of drug-likeness (QED) is 0.727. The van der Waals surface area contributed by atoms with Crippen molar-refractivity contribution in [3.63, 3.8) is 0 Å². The van der Waals surface area contributed by atoms with E-state index >= 15 is 0 Å². The highest BCUT2D eigenvalue weighted by Gasteiger charge is 2.36. The zero-order chi connectivity index (χ0) is 10.0. The maximum absolute atomic E-state index is 5.88. The molecule has 0 aliphatic carbocycles. The molecule has 3 nitrogen and oxygen atoms in total. The van der Waals surface area contributed by atoms with Crippen molar-refractivity contribution in [1.82, 2.24) is 4.90 Å². The van der Waals surface area contributed by atoms with Crippen molar-refractivity contribution in [2.24, 2.45) is 11.1 Å². The fraction of sp³-hybridized carbons (Fsp3) is 1.00. The van der Waals surface area contributed by atoms with Gasteiger partial charge in [0.25, 0.3) is 0 Å². The van der Waals surface area contributed by atoms with Crippen LogP contribution in [0.2, 0.25) is 0 Å². The Balaban J connectivity index is 1.71. The molecule has 0 aromatic rings. The molecule has 2 rings (SSSR count). The highest BCUT2D eigenvalue weighted by molar-refractivity contribution is 4.87. The number of likely N-dealkylation sites (tertiary alicyclic amines) is 1. The molecule has 0 bridgehead atoms. The van der Waals surface area contributed by atoms with Crippen LogP contribution in [0.3, 0.4) is 0 Å². The summed E-state index contributed by atoms with van der Waals surface area (Å²) in [4.78, 5) is 2.50. The second kappa shape index (κ2) is 4.17. The summed E-state index contributed by atoms with van der Waals surface area (Å²) in [5.41, 5.74) is 6.38. The van der Waals surface area contributed by atoms with E-state index in [9.17, 15) is 0 Å². The van der Waals surface area contributed by atoms with Gasteiger partial charge in [0.15, 0.2) is 0 Å². The lowest BCUT2D eigenvalue weighted by atomic mass is 9.80. The largest absolute Gasteiger partial charge is 0.380 e. The second-order valence-electron chi connectivity index (χ2n) is 4.95. The molecule has 0 radical (unpaired) electrons. The summed E-state index contributed by atoms with van der Waals surface area (Å²) in [6.45, 7) is 7.73. The Bertz CT molecular complexity index is 186. The van der Waals surface area contributed by atoms with Crippen LogP contribution in [-0.4, -0.2) is 43.8 Å². The minimum Gasteiger partial charge on any atom is -0.380 e. The Hall–Kier alpha value is -0.120. The van der Waals surface area contributed by atoms with Gasteiger partial charge in [0.1, 0.15) is 0 Å². The van der Waals surface area contributed by atoms with Crippen molar-refractivity contribution < 1.29 is 4.74 Å². The van der Waals surface area contributed by atoms with E-state index in [1.165, 1.54) is 32.4 Å². The van der Waals surface area contributed by atoms with Gasteiger partial charge in [-0.05, 0) is 32.4 Å². The summed E-state index contributed by atoms with van der Waals surface area (Å²) < 4.78 is 5.32. The maximum atomic E-state index is 5.88. The zero-order valence-electron chi connectivity index (χ0n) is 9.17. The standard InChI is InChI=1S/C11H22N2O/c1-2-11(8-14-9-11)4-6-13-5-3-10(12)7-13/h10H,2-9,12H2,1H3. The molecule has 0 amide bonds. The van der Waals surface area contributed by atoms with Gasteiger partial charge in [-0.15, -0.1) is 0 Å². The summed E-state index contributed by atoms with van der Waals surface area (Å²) in [6.07, 6.45) is 3.72. The molecule has 2 saturated heterocycles. The number of nitrogens with two attached hydrogens (primary N) is 1. The van der Waals surface area contributed by atoms with E-state index in [0.717, 1.165) is 19.8 Å². The first-order valence-corrected chi connectivity index (χ1v) is 5.80. The summed E-state index contributed by atoms with van der Waals surface area (Å²) >= 11 is 0. The van der Waals surface area contributed by atoms with Gasteiger partial charge in [-0.1, -0.05) is 6.92 Å². The summed E-state index contributed by atoms with van der Waals surface area (Å²) in [7, 11) is 0. The van der Waals surface area contributed by atoms with E-state index in [-0.39, 0.29) is 0 Å². The minimum absolute atomic E-state index is 0.421. The van der Waals surface area contributed by atoms with Crippen molar-refractivity contribution in [1.29, 1.82) is 0 Å². The molecule has 2 N–H and O–H groups in total. The van der Waals surface area contributed by atoms with Crippen LogP contribution in [0, 0.1) is 5.41 Å². The number of nitrogens with zero attached hydrogens (tertiary/aromatic N) is 1. The average molecular weight is 198 g/mol. The fourth-order valence-corrected chi connectivity index (χ4v) is 2.38. The van der Waals surface area contributed by atoms with Crippen LogP contribution in [0.5, 0.6) is 0 Å². The van der Waals surface area contributed by atoms with Gasteiger partial charge in [0.05, 0.1) is 13.2 Å².